The Morgan fingerprint density at radius 3 is 2.83 bits per heavy atom. The predicted molar refractivity (Wildman–Crippen MR) is 68.9 cm³/mol. The van der Waals surface area contributed by atoms with Gasteiger partial charge in [0.1, 0.15) is 12.7 Å². The fourth-order valence-electron chi connectivity index (χ4n) is 1.31. The van der Waals surface area contributed by atoms with Gasteiger partial charge in [0.2, 0.25) is 0 Å². The lowest BCUT2D eigenvalue weighted by atomic mass is 10.1. The highest BCUT2D eigenvalue weighted by Crippen LogP contribution is 2.28. The van der Waals surface area contributed by atoms with Crippen molar-refractivity contribution in [1.29, 1.82) is 5.26 Å². The molecule has 0 N–H and O–H groups in total. The van der Waals surface area contributed by atoms with Crippen LogP contribution in [0.15, 0.2) is 23.8 Å². The lowest BCUT2D eigenvalue weighted by Gasteiger charge is -2.10. The van der Waals surface area contributed by atoms with E-state index in [1.54, 1.807) is 24.3 Å². The highest BCUT2D eigenvalue weighted by molar-refractivity contribution is 6.18. The summed E-state index contributed by atoms with van der Waals surface area (Å²) in [6, 6.07) is 6.91. The summed E-state index contributed by atoms with van der Waals surface area (Å²) in [6.07, 6.45) is 1.98. The summed E-state index contributed by atoms with van der Waals surface area (Å²) in [6.45, 7) is 0.380. The van der Waals surface area contributed by atoms with Gasteiger partial charge in [0, 0.05) is 0 Å². The number of carbonyl (C=O) groups is 1. The van der Waals surface area contributed by atoms with Gasteiger partial charge in [-0.3, -0.25) is 4.79 Å². The first kappa shape index (κ1) is 14.1. The summed E-state index contributed by atoms with van der Waals surface area (Å²) in [5.41, 5.74) is 0.736. The molecule has 1 aromatic carbocycles. The number of benzene rings is 1. The van der Waals surface area contributed by atoms with E-state index in [-0.39, 0.29) is 5.57 Å². The number of aldehydes is 1. The molecule has 94 valence electrons. The van der Waals surface area contributed by atoms with E-state index >= 15 is 0 Å². The van der Waals surface area contributed by atoms with Gasteiger partial charge in [-0.05, 0) is 23.8 Å². The number of nitrogens with zero attached hydrogens (tertiary/aromatic N) is 1. The molecule has 0 bridgehead atoms. The van der Waals surface area contributed by atoms with Crippen LogP contribution >= 0.6 is 11.6 Å². The van der Waals surface area contributed by atoms with Crippen molar-refractivity contribution in [1.82, 2.24) is 0 Å². The van der Waals surface area contributed by atoms with E-state index in [9.17, 15) is 4.79 Å². The second-order valence-corrected chi connectivity index (χ2v) is 3.66. The number of alkyl halides is 1. The zero-order valence-electron chi connectivity index (χ0n) is 9.85. The molecule has 0 fully saturated rings. The molecule has 1 rings (SSSR count). The SMILES string of the molecule is COc1cc(/C=C(/C#N)C=O)ccc1OCCCl. The Labute approximate surface area is 110 Å². The van der Waals surface area contributed by atoms with Crippen molar-refractivity contribution >= 4 is 24.0 Å². The third-order valence-electron chi connectivity index (χ3n) is 2.10. The van der Waals surface area contributed by atoms with Crippen LogP contribution in [0.5, 0.6) is 11.5 Å². The summed E-state index contributed by atoms with van der Waals surface area (Å²) in [5.74, 6) is 1.48. The molecular weight excluding hydrogens is 254 g/mol. The minimum Gasteiger partial charge on any atom is -0.493 e. The van der Waals surface area contributed by atoms with Crippen LogP contribution in [0.25, 0.3) is 6.08 Å². The number of ether oxygens (including phenoxy) is 2. The third kappa shape index (κ3) is 3.79. The molecule has 0 aromatic heterocycles. The number of rotatable bonds is 6. The van der Waals surface area contributed by atoms with E-state index < -0.39 is 0 Å². The number of nitriles is 1. The van der Waals surface area contributed by atoms with E-state index in [1.165, 1.54) is 13.2 Å². The minimum atomic E-state index is 0.0477. The summed E-state index contributed by atoms with van der Waals surface area (Å²) in [4.78, 5) is 10.5. The van der Waals surface area contributed by atoms with Gasteiger partial charge in [0.05, 0.1) is 18.6 Å². The van der Waals surface area contributed by atoms with Crippen LogP contribution in [0.4, 0.5) is 0 Å². The second-order valence-electron chi connectivity index (χ2n) is 3.28. The number of carbonyl (C=O) groups excluding carboxylic acids is 1. The Kier molecular flexibility index (Phi) is 5.75. The Morgan fingerprint density at radius 1 is 1.50 bits per heavy atom. The molecule has 0 atom stereocenters. The topological polar surface area (TPSA) is 59.3 Å². The first-order chi connectivity index (χ1) is 8.74. The van der Waals surface area contributed by atoms with Gasteiger partial charge in [0.25, 0.3) is 0 Å². The zero-order chi connectivity index (χ0) is 13.4. The summed E-state index contributed by atoms with van der Waals surface area (Å²) >= 11 is 5.53. The molecule has 5 heteroatoms. The molecule has 0 saturated heterocycles. The highest BCUT2D eigenvalue weighted by Gasteiger charge is 2.05. The Bertz CT molecular complexity index is 491. The van der Waals surface area contributed by atoms with Crippen molar-refractivity contribution in [3.8, 4) is 17.6 Å². The molecule has 0 aliphatic heterocycles. The molecule has 0 saturated carbocycles. The fourth-order valence-corrected chi connectivity index (χ4v) is 1.39. The van der Waals surface area contributed by atoms with Gasteiger partial charge in [-0.2, -0.15) is 5.26 Å². The monoisotopic (exact) mass is 265 g/mol. The second kappa shape index (κ2) is 7.36. The molecule has 0 radical (unpaired) electrons. The van der Waals surface area contributed by atoms with Crippen LogP contribution in [0, 0.1) is 11.3 Å². The average molecular weight is 266 g/mol. The van der Waals surface area contributed by atoms with Gasteiger partial charge in [0.15, 0.2) is 17.8 Å². The standard InChI is InChI=1S/C13H12ClNO3/c1-17-13-7-10(6-11(8-15)9-16)2-3-12(13)18-5-4-14/h2-3,6-7,9H,4-5H2,1H3/b11-6-. The molecule has 0 heterocycles. The molecule has 1 aromatic rings. The van der Waals surface area contributed by atoms with Crippen molar-refractivity contribution in [3.63, 3.8) is 0 Å². The number of halogens is 1. The molecule has 0 aliphatic carbocycles. The molecular formula is C13H12ClNO3. The zero-order valence-corrected chi connectivity index (χ0v) is 10.6. The number of allylic oxidation sites excluding steroid dienone is 1. The van der Waals surface area contributed by atoms with E-state index in [4.69, 9.17) is 26.3 Å². The summed E-state index contributed by atoms with van der Waals surface area (Å²) < 4.78 is 10.5. The Morgan fingerprint density at radius 2 is 2.28 bits per heavy atom. The molecule has 0 spiro atoms. The number of methoxy groups -OCH3 is 1. The van der Waals surface area contributed by atoms with Gasteiger partial charge < -0.3 is 9.47 Å². The predicted octanol–water partition coefficient (Wildman–Crippen LogP) is 2.42. The van der Waals surface area contributed by atoms with E-state index in [2.05, 4.69) is 0 Å². The van der Waals surface area contributed by atoms with E-state index in [0.717, 1.165) is 0 Å². The molecule has 18 heavy (non-hydrogen) atoms. The van der Waals surface area contributed by atoms with Gasteiger partial charge in [-0.25, -0.2) is 0 Å². The van der Waals surface area contributed by atoms with Crippen molar-refractivity contribution in [2.75, 3.05) is 19.6 Å². The van der Waals surface area contributed by atoms with Crippen molar-refractivity contribution in [2.24, 2.45) is 0 Å². The average Bonchev–Trinajstić information content (AvgIpc) is 2.42. The van der Waals surface area contributed by atoms with Crippen molar-refractivity contribution in [2.45, 2.75) is 0 Å². The van der Waals surface area contributed by atoms with Gasteiger partial charge in [-0.1, -0.05) is 6.07 Å². The largest absolute Gasteiger partial charge is 0.493 e. The number of hydrogen-bond acceptors (Lipinski definition) is 4. The lowest BCUT2D eigenvalue weighted by Crippen LogP contribution is -2.00. The van der Waals surface area contributed by atoms with Crippen LogP contribution < -0.4 is 9.47 Å². The summed E-state index contributed by atoms with van der Waals surface area (Å²) in [7, 11) is 1.52. The Balaban J connectivity index is 3.02. The third-order valence-corrected chi connectivity index (χ3v) is 2.25. The summed E-state index contributed by atoms with van der Waals surface area (Å²) in [5, 5.41) is 8.66. The first-order valence-corrected chi connectivity index (χ1v) is 5.72. The minimum absolute atomic E-state index is 0.0477. The van der Waals surface area contributed by atoms with Crippen LogP contribution in [-0.2, 0) is 4.79 Å². The molecule has 0 aliphatic rings. The first-order valence-electron chi connectivity index (χ1n) is 5.19. The fraction of sp³-hybridized carbons (Fsp3) is 0.231. The maximum absolute atomic E-state index is 10.5. The van der Waals surface area contributed by atoms with E-state index in [1.807, 2.05) is 0 Å². The van der Waals surface area contributed by atoms with Crippen molar-refractivity contribution < 1.29 is 14.3 Å². The number of hydrogen-bond donors (Lipinski definition) is 0. The van der Waals surface area contributed by atoms with Gasteiger partial charge in [-0.15, -0.1) is 11.6 Å². The van der Waals surface area contributed by atoms with Crippen molar-refractivity contribution in [3.05, 3.63) is 29.3 Å². The van der Waals surface area contributed by atoms with Crippen LogP contribution in [0.3, 0.4) is 0 Å². The normalized spacial score (nSPS) is 10.6. The van der Waals surface area contributed by atoms with Gasteiger partial charge >= 0.3 is 0 Å². The molecule has 0 unspecified atom stereocenters. The molecule has 0 amide bonds. The lowest BCUT2D eigenvalue weighted by molar-refractivity contribution is -0.104. The molecule has 4 nitrogen and oxygen atoms in total. The van der Waals surface area contributed by atoms with Crippen LogP contribution in [-0.4, -0.2) is 25.9 Å². The smallest absolute Gasteiger partial charge is 0.161 e. The highest BCUT2D eigenvalue weighted by atomic mass is 35.5. The quantitative estimate of drug-likeness (QED) is 0.343. The maximum atomic E-state index is 10.5. The van der Waals surface area contributed by atoms with Crippen LogP contribution in [0.2, 0.25) is 0 Å². The van der Waals surface area contributed by atoms with E-state index in [0.29, 0.717) is 35.8 Å². The maximum Gasteiger partial charge on any atom is 0.161 e. The van der Waals surface area contributed by atoms with Crippen LogP contribution in [0.1, 0.15) is 5.56 Å². The Hall–Kier alpha value is -1.99.